The number of thioether (sulfide) groups is 1. The minimum Gasteiger partial charge on any atom is -0.327 e. The van der Waals surface area contributed by atoms with Gasteiger partial charge in [-0.2, -0.15) is 11.8 Å². The van der Waals surface area contributed by atoms with Gasteiger partial charge in [0.15, 0.2) is 0 Å². The predicted octanol–water partition coefficient (Wildman–Crippen LogP) is 0.890. The molecule has 0 fully saturated rings. The van der Waals surface area contributed by atoms with Gasteiger partial charge in [0.1, 0.15) is 9.84 Å². The Morgan fingerprint density at radius 1 is 1.38 bits per heavy atom. The lowest BCUT2D eigenvalue weighted by Gasteiger charge is -2.11. The molecule has 0 saturated heterocycles. The molecule has 0 aliphatic carbocycles. The Morgan fingerprint density at radius 2 is 1.92 bits per heavy atom. The molecule has 0 saturated carbocycles. The van der Waals surface area contributed by atoms with Crippen molar-refractivity contribution < 1.29 is 8.42 Å². The van der Waals surface area contributed by atoms with Gasteiger partial charge in [-0.15, -0.1) is 0 Å². The van der Waals surface area contributed by atoms with Gasteiger partial charge in [0, 0.05) is 18.1 Å². The van der Waals surface area contributed by atoms with E-state index in [-0.39, 0.29) is 11.8 Å². The second-order valence-corrected chi connectivity index (χ2v) is 7.43. The predicted molar refractivity (Wildman–Crippen MR) is 59.9 cm³/mol. The lowest BCUT2D eigenvalue weighted by atomic mass is 10.3. The fourth-order valence-corrected chi connectivity index (χ4v) is 2.29. The normalized spacial score (nSPS) is 14.8. The summed E-state index contributed by atoms with van der Waals surface area (Å²) in [5.41, 5.74) is 5.74. The fraction of sp³-hybridized carbons (Fsp3) is 1.00. The standard InChI is InChI=1S/C8H19NO2S2/c1-7(2)12-6-8(9)4-5-13(3,10)11/h7-8H,4-6,9H2,1-3H3. The highest BCUT2D eigenvalue weighted by molar-refractivity contribution is 7.99. The summed E-state index contributed by atoms with van der Waals surface area (Å²) in [4.78, 5) is 0. The molecule has 1 atom stereocenters. The van der Waals surface area contributed by atoms with Crippen LogP contribution >= 0.6 is 11.8 Å². The summed E-state index contributed by atoms with van der Waals surface area (Å²) in [5, 5.41) is 0.560. The largest absolute Gasteiger partial charge is 0.327 e. The monoisotopic (exact) mass is 225 g/mol. The van der Waals surface area contributed by atoms with Crippen LogP contribution in [0.1, 0.15) is 20.3 Å². The van der Waals surface area contributed by atoms with E-state index < -0.39 is 9.84 Å². The average molecular weight is 225 g/mol. The Labute approximate surface area is 85.4 Å². The third-order valence-electron chi connectivity index (χ3n) is 1.50. The molecule has 0 aromatic heterocycles. The first-order chi connectivity index (χ1) is 5.81. The van der Waals surface area contributed by atoms with Gasteiger partial charge in [0.2, 0.25) is 0 Å². The van der Waals surface area contributed by atoms with Gasteiger partial charge in [-0.1, -0.05) is 13.8 Å². The molecular formula is C8H19NO2S2. The Hall–Kier alpha value is 0.260. The van der Waals surface area contributed by atoms with Crippen LogP contribution in [-0.4, -0.2) is 37.5 Å². The van der Waals surface area contributed by atoms with Crippen molar-refractivity contribution in [3.63, 3.8) is 0 Å². The van der Waals surface area contributed by atoms with Crippen LogP contribution in [0.4, 0.5) is 0 Å². The third kappa shape index (κ3) is 10.2. The van der Waals surface area contributed by atoms with Gasteiger partial charge in [0.05, 0.1) is 5.75 Å². The maximum Gasteiger partial charge on any atom is 0.147 e. The molecule has 0 bridgehead atoms. The number of sulfone groups is 1. The van der Waals surface area contributed by atoms with Crippen molar-refractivity contribution in [2.75, 3.05) is 17.8 Å². The first kappa shape index (κ1) is 13.3. The first-order valence-electron chi connectivity index (χ1n) is 4.36. The molecule has 2 N–H and O–H groups in total. The minimum atomic E-state index is -2.85. The van der Waals surface area contributed by atoms with Crippen LogP contribution in [0.25, 0.3) is 0 Å². The van der Waals surface area contributed by atoms with Crippen LogP contribution in [0.5, 0.6) is 0 Å². The van der Waals surface area contributed by atoms with E-state index >= 15 is 0 Å². The van der Waals surface area contributed by atoms with Gasteiger partial charge in [-0.25, -0.2) is 8.42 Å². The Bertz CT molecular complexity index is 224. The molecule has 0 aromatic carbocycles. The summed E-state index contributed by atoms with van der Waals surface area (Å²) in [6.07, 6.45) is 1.81. The average Bonchev–Trinajstić information content (AvgIpc) is 1.95. The summed E-state index contributed by atoms with van der Waals surface area (Å²) in [7, 11) is -2.85. The smallest absolute Gasteiger partial charge is 0.147 e. The van der Waals surface area contributed by atoms with Crippen LogP contribution in [0.15, 0.2) is 0 Å². The highest BCUT2D eigenvalue weighted by atomic mass is 32.2. The van der Waals surface area contributed by atoms with Crippen molar-refractivity contribution in [1.82, 2.24) is 0 Å². The van der Waals surface area contributed by atoms with E-state index in [0.717, 1.165) is 5.75 Å². The van der Waals surface area contributed by atoms with Crippen molar-refractivity contribution >= 4 is 21.6 Å². The van der Waals surface area contributed by atoms with Crippen LogP contribution < -0.4 is 5.73 Å². The molecule has 13 heavy (non-hydrogen) atoms. The molecule has 5 heteroatoms. The van der Waals surface area contributed by atoms with Crippen LogP contribution in [0.3, 0.4) is 0 Å². The third-order valence-corrected chi connectivity index (χ3v) is 3.77. The molecule has 0 aliphatic rings. The SMILES string of the molecule is CC(C)SCC(N)CCS(C)(=O)=O. The molecule has 1 unspecified atom stereocenters. The number of hydrogen-bond acceptors (Lipinski definition) is 4. The Kier molecular flexibility index (Phi) is 6.00. The highest BCUT2D eigenvalue weighted by Crippen LogP contribution is 2.11. The van der Waals surface area contributed by atoms with Crippen molar-refractivity contribution in [2.24, 2.45) is 5.73 Å². The van der Waals surface area contributed by atoms with E-state index in [4.69, 9.17) is 5.73 Å². The summed E-state index contributed by atoms with van der Waals surface area (Å²) < 4.78 is 21.6. The Morgan fingerprint density at radius 3 is 2.31 bits per heavy atom. The molecule has 0 spiro atoms. The summed E-state index contributed by atoms with van der Waals surface area (Å²) in [6.45, 7) is 4.21. The maximum absolute atomic E-state index is 10.8. The van der Waals surface area contributed by atoms with Crippen LogP contribution in [-0.2, 0) is 9.84 Å². The molecular weight excluding hydrogens is 206 g/mol. The lowest BCUT2D eigenvalue weighted by molar-refractivity contribution is 0.594. The molecule has 0 amide bonds. The van der Waals surface area contributed by atoms with E-state index in [1.165, 1.54) is 6.26 Å². The second-order valence-electron chi connectivity index (χ2n) is 3.56. The first-order valence-corrected chi connectivity index (χ1v) is 7.47. The van der Waals surface area contributed by atoms with Crippen LogP contribution in [0.2, 0.25) is 0 Å². The molecule has 0 heterocycles. The fourth-order valence-electron chi connectivity index (χ4n) is 0.765. The zero-order valence-electron chi connectivity index (χ0n) is 8.49. The second kappa shape index (κ2) is 5.88. The van der Waals surface area contributed by atoms with Gasteiger partial charge in [-0.05, 0) is 11.7 Å². The molecule has 80 valence electrons. The van der Waals surface area contributed by atoms with Gasteiger partial charge >= 0.3 is 0 Å². The van der Waals surface area contributed by atoms with E-state index in [2.05, 4.69) is 13.8 Å². The lowest BCUT2D eigenvalue weighted by Crippen LogP contribution is -2.26. The zero-order chi connectivity index (χ0) is 10.5. The molecule has 0 aromatic rings. The van der Waals surface area contributed by atoms with Crippen molar-refractivity contribution in [2.45, 2.75) is 31.6 Å². The molecule has 0 radical (unpaired) electrons. The van der Waals surface area contributed by atoms with E-state index in [0.29, 0.717) is 11.7 Å². The van der Waals surface area contributed by atoms with Gasteiger partial charge in [-0.3, -0.25) is 0 Å². The number of rotatable bonds is 6. The van der Waals surface area contributed by atoms with Crippen molar-refractivity contribution in [3.8, 4) is 0 Å². The van der Waals surface area contributed by atoms with E-state index in [1.807, 2.05) is 0 Å². The van der Waals surface area contributed by atoms with Crippen LogP contribution in [0, 0.1) is 0 Å². The van der Waals surface area contributed by atoms with E-state index in [1.54, 1.807) is 11.8 Å². The number of hydrogen-bond donors (Lipinski definition) is 1. The minimum absolute atomic E-state index is 0.00197. The Balaban J connectivity index is 3.58. The summed E-state index contributed by atoms with van der Waals surface area (Å²) in [5.74, 6) is 1.04. The highest BCUT2D eigenvalue weighted by Gasteiger charge is 2.08. The maximum atomic E-state index is 10.8. The topological polar surface area (TPSA) is 60.2 Å². The summed E-state index contributed by atoms with van der Waals surface area (Å²) >= 11 is 1.77. The summed E-state index contributed by atoms with van der Waals surface area (Å²) in [6, 6.07) is 0.00197. The van der Waals surface area contributed by atoms with Gasteiger partial charge in [0.25, 0.3) is 0 Å². The molecule has 0 aliphatic heterocycles. The zero-order valence-corrected chi connectivity index (χ0v) is 10.1. The van der Waals surface area contributed by atoms with Gasteiger partial charge < -0.3 is 5.73 Å². The quantitative estimate of drug-likeness (QED) is 0.729. The van der Waals surface area contributed by atoms with Crippen molar-refractivity contribution in [1.29, 1.82) is 0 Å². The molecule has 3 nitrogen and oxygen atoms in total. The molecule has 0 rings (SSSR count). The number of nitrogens with two attached hydrogens (primary N) is 1. The van der Waals surface area contributed by atoms with Crippen molar-refractivity contribution in [3.05, 3.63) is 0 Å². The van der Waals surface area contributed by atoms with E-state index in [9.17, 15) is 8.42 Å².